The molecule has 4 atom stereocenters. The summed E-state index contributed by atoms with van der Waals surface area (Å²) in [6.07, 6.45) is 6.11. The average molecular weight is 757 g/mol. The van der Waals surface area contributed by atoms with Gasteiger partial charge in [-0.05, 0) is 135 Å². The third kappa shape index (κ3) is 8.13. The summed E-state index contributed by atoms with van der Waals surface area (Å²) in [4.78, 5) is 32.3. The number of hydrogen-bond acceptors (Lipinski definition) is 6. The van der Waals surface area contributed by atoms with Gasteiger partial charge in [-0.3, -0.25) is 4.79 Å². The molecule has 1 aromatic heterocycles. The Morgan fingerprint density at radius 2 is 1.73 bits per heavy atom. The predicted molar refractivity (Wildman–Crippen MR) is 222 cm³/mol. The van der Waals surface area contributed by atoms with Crippen LogP contribution < -0.4 is 10.1 Å². The van der Waals surface area contributed by atoms with Gasteiger partial charge in [0.2, 0.25) is 5.78 Å². The number of rotatable bonds is 8. The Bertz CT molecular complexity index is 2200. The Morgan fingerprint density at radius 3 is 2.49 bits per heavy atom. The molecule has 55 heavy (non-hydrogen) atoms. The van der Waals surface area contributed by atoms with Crippen LogP contribution in [0.5, 0.6) is 5.75 Å². The van der Waals surface area contributed by atoms with E-state index in [1.165, 1.54) is 16.9 Å². The lowest BCUT2D eigenvalue weighted by Crippen LogP contribution is -2.54. The van der Waals surface area contributed by atoms with Crippen molar-refractivity contribution in [1.82, 2.24) is 4.90 Å². The van der Waals surface area contributed by atoms with Gasteiger partial charge in [0.15, 0.2) is 0 Å². The maximum Gasteiger partial charge on any atom is 0.322 e. The molecule has 8 rings (SSSR count). The van der Waals surface area contributed by atoms with Crippen LogP contribution in [0.15, 0.2) is 109 Å². The highest BCUT2D eigenvalue weighted by atomic mass is 32.1. The largest absolute Gasteiger partial charge is 0.497 e. The van der Waals surface area contributed by atoms with Crippen LogP contribution in [0.2, 0.25) is 0 Å². The number of aliphatic hydroxyl groups excluding tert-OH is 1. The first-order valence-corrected chi connectivity index (χ1v) is 20.2. The number of urea groups is 1. The van der Waals surface area contributed by atoms with E-state index in [9.17, 15) is 19.8 Å². The number of benzene rings is 4. The van der Waals surface area contributed by atoms with Crippen molar-refractivity contribution in [2.45, 2.75) is 89.9 Å². The Hall–Kier alpha value is -4.76. The molecule has 0 aliphatic heterocycles. The summed E-state index contributed by atoms with van der Waals surface area (Å²) < 4.78 is 5.35. The molecule has 3 aliphatic rings. The van der Waals surface area contributed by atoms with Crippen LogP contribution in [-0.2, 0) is 13.0 Å². The minimum Gasteiger partial charge on any atom is -0.497 e. The SMILES string of the molecule is COc1ccc(NC(=O)N(Cc2cccc3ccccc23)C[C@]2(O)CC[C@H]3c4ccc(cc4C(=O)c4ccc(C)s4)C[C@@H](O)CCC(C)=CCC[C@@]32C)cc1. The summed E-state index contributed by atoms with van der Waals surface area (Å²) in [5.41, 5.74) is 3.35. The van der Waals surface area contributed by atoms with Crippen molar-refractivity contribution in [2.75, 3.05) is 19.0 Å². The van der Waals surface area contributed by atoms with Crippen molar-refractivity contribution < 1.29 is 24.5 Å². The summed E-state index contributed by atoms with van der Waals surface area (Å²) in [5, 5.41) is 29.5. The smallest absolute Gasteiger partial charge is 0.322 e. The number of carbonyl (C=O) groups excluding carboxylic acids is 2. The predicted octanol–water partition coefficient (Wildman–Crippen LogP) is 10.2. The van der Waals surface area contributed by atoms with Gasteiger partial charge in [0.1, 0.15) is 5.75 Å². The van der Waals surface area contributed by atoms with Gasteiger partial charge in [-0.15, -0.1) is 11.3 Å². The Kier molecular flexibility index (Phi) is 11.3. The molecular formula is C47H52N2O5S. The first kappa shape index (κ1) is 38.5. The quantitative estimate of drug-likeness (QED) is 0.108. The summed E-state index contributed by atoms with van der Waals surface area (Å²) in [7, 11) is 1.61. The maximum absolute atomic E-state index is 14.4. The molecule has 2 bridgehead atoms. The molecule has 0 saturated heterocycles. The fourth-order valence-electron chi connectivity index (χ4n) is 8.91. The Balaban J connectivity index is 1.30. The normalized spacial score (nSPS) is 22.8. The highest BCUT2D eigenvalue weighted by molar-refractivity contribution is 7.14. The number of hydrogen-bond donors (Lipinski definition) is 3. The third-order valence-corrected chi connectivity index (χ3v) is 13.2. The highest BCUT2D eigenvalue weighted by Crippen LogP contribution is 2.59. The van der Waals surface area contributed by atoms with E-state index in [1.807, 2.05) is 67.6 Å². The molecule has 0 radical (unpaired) electrons. The number of ether oxygens (including phenoxy) is 1. The minimum atomic E-state index is -1.28. The van der Waals surface area contributed by atoms with Gasteiger partial charge < -0.3 is 25.2 Å². The number of anilines is 1. The minimum absolute atomic E-state index is 0.0264. The Morgan fingerprint density at radius 1 is 0.945 bits per heavy atom. The van der Waals surface area contributed by atoms with Crippen molar-refractivity contribution in [3.05, 3.63) is 141 Å². The molecule has 0 unspecified atom stereocenters. The molecule has 3 aliphatic carbocycles. The second kappa shape index (κ2) is 16.1. The van der Waals surface area contributed by atoms with Crippen molar-refractivity contribution in [2.24, 2.45) is 5.41 Å². The van der Waals surface area contributed by atoms with Gasteiger partial charge in [0.25, 0.3) is 0 Å². The fourth-order valence-corrected chi connectivity index (χ4v) is 9.74. The molecule has 2 amide bonds. The number of ketones is 1. The number of aliphatic hydroxyl groups is 2. The number of allylic oxidation sites excluding steroid dienone is 2. The van der Waals surface area contributed by atoms with Crippen LogP contribution in [-0.4, -0.2) is 52.3 Å². The van der Waals surface area contributed by atoms with E-state index in [1.54, 1.807) is 12.0 Å². The second-order valence-electron chi connectivity index (χ2n) is 15.8. The number of fused-ring (bicyclic) bond motifs is 9. The lowest BCUT2D eigenvalue weighted by atomic mass is 9.64. The molecule has 1 fully saturated rings. The third-order valence-electron chi connectivity index (χ3n) is 12.2. The van der Waals surface area contributed by atoms with Gasteiger partial charge in [-0.1, -0.05) is 73.2 Å². The summed E-state index contributed by atoms with van der Waals surface area (Å²) in [6.45, 7) is 6.68. The van der Waals surface area contributed by atoms with Crippen molar-refractivity contribution in [3.63, 3.8) is 0 Å². The molecule has 1 heterocycles. The summed E-state index contributed by atoms with van der Waals surface area (Å²) in [5.74, 6) is 0.512. The van der Waals surface area contributed by atoms with Crippen LogP contribution >= 0.6 is 11.3 Å². The van der Waals surface area contributed by atoms with Crippen LogP contribution in [0.3, 0.4) is 0 Å². The van der Waals surface area contributed by atoms with Crippen LogP contribution in [0.25, 0.3) is 10.8 Å². The van der Waals surface area contributed by atoms with E-state index >= 15 is 0 Å². The van der Waals surface area contributed by atoms with Gasteiger partial charge in [0, 0.05) is 28.1 Å². The van der Waals surface area contributed by atoms with Crippen molar-refractivity contribution in [3.8, 4) is 5.75 Å². The summed E-state index contributed by atoms with van der Waals surface area (Å²) >= 11 is 1.49. The zero-order chi connectivity index (χ0) is 38.7. The molecule has 8 heteroatoms. The number of methoxy groups -OCH3 is 1. The molecule has 3 N–H and O–H groups in total. The zero-order valence-electron chi connectivity index (χ0n) is 32.3. The van der Waals surface area contributed by atoms with Gasteiger partial charge >= 0.3 is 6.03 Å². The number of nitrogens with zero attached hydrogens (tertiary/aromatic N) is 1. The zero-order valence-corrected chi connectivity index (χ0v) is 33.1. The number of thiophene rings is 1. The molecule has 1 saturated carbocycles. The van der Waals surface area contributed by atoms with Crippen LogP contribution in [0.1, 0.15) is 95.1 Å². The number of nitrogens with one attached hydrogen (secondary N) is 1. The Labute approximate surface area is 328 Å². The average Bonchev–Trinajstić information content (AvgIpc) is 3.73. The van der Waals surface area contributed by atoms with E-state index in [0.29, 0.717) is 60.5 Å². The van der Waals surface area contributed by atoms with E-state index in [4.69, 9.17) is 4.74 Å². The monoisotopic (exact) mass is 756 g/mol. The molecule has 0 spiro atoms. The molecule has 286 valence electrons. The number of carbonyl (C=O) groups is 2. The van der Waals surface area contributed by atoms with Crippen molar-refractivity contribution in [1.29, 1.82) is 0 Å². The fraction of sp³-hybridized carbons (Fsp3) is 0.362. The van der Waals surface area contributed by atoms with Crippen LogP contribution in [0.4, 0.5) is 10.5 Å². The first-order chi connectivity index (χ1) is 26.5. The molecule has 5 aromatic rings. The first-order valence-electron chi connectivity index (χ1n) is 19.4. The van der Waals surface area contributed by atoms with E-state index < -0.39 is 17.1 Å². The van der Waals surface area contributed by atoms with E-state index in [2.05, 4.69) is 61.6 Å². The number of aryl methyl sites for hydroxylation is 1. The summed E-state index contributed by atoms with van der Waals surface area (Å²) in [6, 6.07) is 31.3. The van der Waals surface area contributed by atoms with Gasteiger partial charge in [-0.2, -0.15) is 0 Å². The molecule has 4 aromatic carbocycles. The second-order valence-corrected chi connectivity index (χ2v) is 17.1. The molecule has 7 nitrogen and oxygen atoms in total. The van der Waals surface area contributed by atoms with E-state index in [0.717, 1.165) is 45.2 Å². The lowest BCUT2D eigenvalue weighted by molar-refractivity contribution is -0.0773. The van der Waals surface area contributed by atoms with Crippen LogP contribution in [0, 0.1) is 12.3 Å². The lowest BCUT2D eigenvalue weighted by Gasteiger charge is -2.46. The van der Waals surface area contributed by atoms with Crippen molar-refractivity contribution >= 4 is 39.6 Å². The van der Waals surface area contributed by atoms with Gasteiger partial charge in [0.05, 0.1) is 30.2 Å². The standard InChI is InChI=1S/C47H52N2O5S/c1-31-9-8-25-46(3)42(40-22-16-33(27-37(50)19-14-31)28-41(40)44(51)43-23-15-32(2)55-43)24-26-47(46,53)30-49(45(52)48-36-17-20-38(54-4)21-18-36)29-35-12-7-11-34-10-5-6-13-39(34)35/h5-7,9-13,15-18,20-23,28,37,42,50,53H,8,14,19,24-27,29-30H2,1-4H3,(H,48,52)/t37-,42-,46-,47+/m0/s1. The van der Waals surface area contributed by atoms with E-state index in [-0.39, 0.29) is 24.3 Å². The topological polar surface area (TPSA) is 99.1 Å². The number of amides is 2. The van der Waals surface area contributed by atoms with Gasteiger partial charge in [-0.25, -0.2) is 4.79 Å². The maximum atomic E-state index is 14.4. The molecular weight excluding hydrogens is 705 g/mol. The highest BCUT2D eigenvalue weighted by Gasteiger charge is 2.57.